The predicted octanol–water partition coefficient (Wildman–Crippen LogP) is 0.840. The van der Waals surface area contributed by atoms with Crippen LogP contribution in [0.5, 0.6) is 0 Å². The molecule has 0 aliphatic heterocycles. The van der Waals surface area contributed by atoms with Crippen LogP contribution in [0.3, 0.4) is 0 Å². The number of nitriles is 2. The standard InChI is InChI=1S/C18H6N12/c1-21-15(18-29-8-24-9-30-18)14-12(10(2-19)16-25-4-22-5-26-16)13(14)11(3-20)17-27-6-23-7-28-17/h4-9H/b12-10-,13-11+,15-14?/i4D,5D,6D,7D,8D,9D. The van der Waals surface area contributed by atoms with Gasteiger partial charge in [0, 0.05) is 16.7 Å². The van der Waals surface area contributed by atoms with Crippen molar-refractivity contribution in [1.82, 2.24) is 44.9 Å². The number of hydrogen-bond acceptors (Lipinski definition) is 11. The molecular formula is C18H6N12. The van der Waals surface area contributed by atoms with Gasteiger partial charge in [-0.3, -0.25) is 0 Å². The van der Waals surface area contributed by atoms with E-state index in [1.54, 1.807) is 0 Å². The molecule has 1 fully saturated rings. The molecule has 3 aromatic rings. The van der Waals surface area contributed by atoms with Crippen LogP contribution in [0.2, 0.25) is 0 Å². The van der Waals surface area contributed by atoms with E-state index in [9.17, 15) is 10.5 Å². The molecule has 12 nitrogen and oxygen atoms in total. The quantitative estimate of drug-likeness (QED) is 0.454. The maximum Gasteiger partial charge on any atom is 0.239 e. The topological polar surface area (TPSA) is 168 Å². The van der Waals surface area contributed by atoms with Crippen LogP contribution in [-0.4, -0.2) is 44.9 Å². The Morgan fingerprint density at radius 1 is 0.700 bits per heavy atom. The molecule has 138 valence electrons. The van der Waals surface area contributed by atoms with Gasteiger partial charge in [-0.05, 0) is 0 Å². The summed E-state index contributed by atoms with van der Waals surface area (Å²) in [4.78, 5) is 36.1. The molecule has 0 N–H and O–H groups in total. The number of allylic oxidation sites excluding steroid dienone is 5. The lowest BCUT2D eigenvalue weighted by atomic mass is 10.2. The van der Waals surface area contributed by atoms with Gasteiger partial charge in [-0.15, -0.1) is 0 Å². The Labute approximate surface area is 177 Å². The van der Waals surface area contributed by atoms with Crippen LogP contribution in [0.25, 0.3) is 21.7 Å². The summed E-state index contributed by atoms with van der Waals surface area (Å²) in [6.07, 6.45) is -3.63. The minimum absolute atomic E-state index is 0.0676. The Hall–Kier alpha value is -5.28. The van der Waals surface area contributed by atoms with E-state index in [4.69, 9.17) is 14.8 Å². The highest BCUT2D eigenvalue weighted by Crippen LogP contribution is 2.55. The van der Waals surface area contributed by atoms with Crippen LogP contribution >= 0.6 is 0 Å². The van der Waals surface area contributed by atoms with Crippen molar-refractivity contribution in [3.63, 3.8) is 0 Å². The van der Waals surface area contributed by atoms with Gasteiger partial charge in [0.05, 0.1) is 6.57 Å². The lowest BCUT2D eigenvalue weighted by Gasteiger charge is -1.94. The Morgan fingerprint density at radius 2 is 1.07 bits per heavy atom. The fourth-order valence-corrected chi connectivity index (χ4v) is 2.48. The molecule has 3 aromatic heterocycles. The van der Waals surface area contributed by atoms with Crippen LogP contribution in [0, 0.1) is 29.2 Å². The maximum absolute atomic E-state index is 9.89. The van der Waals surface area contributed by atoms with Gasteiger partial charge in [-0.1, -0.05) is 0 Å². The number of hydrogen-bond donors (Lipinski definition) is 0. The molecule has 0 saturated heterocycles. The van der Waals surface area contributed by atoms with Crippen LogP contribution in [-0.2, 0) is 0 Å². The first-order valence-electron chi connectivity index (χ1n) is 10.7. The van der Waals surface area contributed by atoms with Crippen molar-refractivity contribution < 1.29 is 8.22 Å². The molecule has 0 unspecified atom stereocenters. The monoisotopic (exact) mass is 396 g/mol. The van der Waals surface area contributed by atoms with Crippen molar-refractivity contribution in [2.75, 3.05) is 0 Å². The van der Waals surface area contributed by atoms with Gasteiger partial charge in [-0.25, -0.2) is 49.7 Å². The molecule has 1 aliphatic carbocycles. The SMILES string of the molecule is [2H]c1nc([2H])nc(C([N+]#[C-])=C2C(=C(\C#N)c3nc([2H])nc([2H])n3)/C2=C(\C#N)c2nc([2H])nc([2H])n2)n1. The van der Waals surface area contributed by atoms with Crippen molar-refractivity contribution in [2.45, 2.75) is 0 Å². The third-order valence-electron chi connectivity index (χ3n) is 3.65. The van der Waals surface area contributed by atoms with Crippen LogP contribution in [0.1, 0.15) is 25.7 Å². The van der Waals surface area contributed by atoms with E-state index < -0.39 is 37.8 Å². The van der Waals surface area contributed by atoms with E-state index in [-0.39, 0.29) is 51.0 Å². The van der Waals surface area contributed by atoms with Gasteiger partial charge in [0.2, 0.25) is 5.70 Å². The fraction of sp³-hybridized carbons (Fsp3) is 0. The van der Waals surface area contributed by atoms with E-state index in [1.165, 1.54) is 0 Å². The van der Waals surface area contributed by atoms with Gasteiger partial charge >= 0.3 is 0 Å². The zero-order valence-electron chi connectivity index (χ0n) is 20.4. The van der Waals surface area contributed by atoms with Crippen LogP contribution < -0.4 is 0 Å². The van der Waals surface area contributed by atoms with Crippen LogP contribution in [0.4, 0.5) is 0 Å². The summed E-state index contributed by atoms with van der Waals surface area (Å²) in [5.41, 5.74) is -1.24. The normalized spacial score (nSPS) is 19.9. The summed E-state index contributed by atoms with van der Waals surface area (Å²) in [6, 6.07) is 3.65. The molecule has 1 aliphatic rings. The number of rotatable bonds is 3. The highest BCUT2D eigenvalue weighted by molar-refractivity contribution is 6.09. The zero-order valence-corrected chi connectivity index (χ0v) is 14.4. The summed E-state index contributed by atoms with van der Waals surface area (Å²) in [6.45, 7) is 7.66. The Morgan fingerprint density at radius 3 is 1.40 bits per heavy atom. The van der Waals surface area contributed by atoms with Gasteiger partial charge in [0.15, 0.2) is 17.5 Å². The Bertz CT molecular complexity index is 1420. The minimum Gasteiger partial charge on any atom is -0.233 e. The molecule has 0 spiro atoms. The van der Waals surface area contributed by atoms with E-state index >= 15 is 0 Å². The molecule has 0 aromatic carbocycles. The van der Waals surface area contributed by atoms with Gasteiger partial charge in [0.25, 0.3) is 0 Å². The molecule has 30 heavy (non-hydrogen) atoms. The second kappa shape index (κ2) is 7.76. The van der Waals surface area contributed by atoms with Gasteiger partial charge in [-0.2, -0.15) is 10.5 Å². The highest BCUT2D eigenvalue weighted by atomic mass is 15.0. The summed E-state index contributed by atoms with van der Waals surface area (Å²) >= 11 is 0. The van der Waals surface area contributed by atoms with Gasteiger partial charge < -0.3 is 0 Å². The average Bonchev–Trinajstić information content (AvgIpc) is 3.47. The number of nitrogens with zero attached hydrogens (tertiary/aromatic N) is 12. The van der Waals surface area contributed by atoms with Gasteiger partial charge in [0.1, 0.15) is 69.3 Å². The second-order valence-corrected chi connectivity index (χ2v) is 5.14. The van der Waals surface area contributed by atoms with Crippen molar-refractivity contribution in [3.05, 3.63) is 83.4 Å². The summed E-state index contributed by atoms with van der Waals surface area (Å²) in [5.74, 6) is -1.16. The lowest BCUT2D eigenvalue weighted by Crippen LogP contribution is -1.94. The van der Waals surface area contributed by atoms with E-state index in [0.717, 1.165) is 0 Å². The van der Waals surface area contributed by atoms with E-state index in [0.29, 0.717) is 0 Å². The predicted molar refractivity (Wildman–Crippen MR) is 98.1 cm³/mol. The fourth-order valence-electron chi connectivity index (χ4n) is 2.48. The van der Waals surface area contributed by atoms with E-state index in [1.807, 2.05) is 12.1 Å². The minimum atomic E-state index is -0.605. The van der Waals surface area contributed by atoms with Crippen molar-refractivity contribution >= 4 is 16.8 Å². The molecule has 12 heteroatoms. The molecule has 3 heterocycles. The maximum atomic E-state index is 9.89. The molecule has 0 amide bonds. The van der Waals surface area contributed by atoms with Crippen molar-refractivity contribution in [3.8, 4) is 12.1 Å². The summed E-state index contributed by atoms with van der Waals surface area (Å²) < 4.78 is 45.8. The lowest BCUT2D eigenvalue weighted by molar-refractivity contribution is 1.02. The zero-order chi connectivity index (χ0) is 26.1. The summed E-state index contributed by atoms with van der Waals surface area (Å²) in [7, 11) is 0. The first-order chi connectivity index (χ1) is 17.2. The highest BCUT2D eigenvalue weighted by Gasteiger charge is 2.42. The average molecular weight is 396 g/mol. The molecule has 4 rings (SSSR count). The van der Waals surface area contributed by atoms with Crippen molar-refractivity contribution in [1.29, 1.82) is 10.5 Å². The summed E-state index contributed by atoms with van der Waals surface area (Å²) in [5, 5.41) is 19.8. The Balaban J connectivity index is 2.14. The smallest absolute Gasteiger partial charge is 0.233 e. The second-order valence-electron chi connectivity index (χ2n) is 5.14. The van der Waals surface area contributed by atoms with Crippen LogP contribution in [0.15, 0.2) is 54.5 Å². The molecule has 0 bridgehead atoms. The molecular weight excluding hydrogens is 384 g/mol. The Kier molecular flexibility index (Phi) is 3.16. The molecule has 1 saturated carbocycles. The largest absolute Gasteiger partial charge is 0.239 e. The van der Waals surface area contributed by atoms with Crippen molar-refractivity contribution in [2.24, 2.45) is 0 Å². The third kappa shape index (κ3) is 3.11. The molecule has 0 radical (unpaired) electrons. The number of aromatic nitrogens is 9. The van der Waals surface area contributed by atoms with E-state index in [2.05, 4.69) is 49.7 Å². The molecule has 0 atom stereocenters. The first-order valence-corrected chi connectivity index (χ1v) is 7.67. The third-order valence-corrected chi connectivity index (χ3v) is 3.65. The first kappa shape index (κ1) is 12.2.